The summed E-state index contributed by atoms with van der Waals surface area (Å²) in [4.78, 5) is 25.2. The van der Waals surface area contributed by atoms with Crippen LogP contribution in [0.1, 0.15) is 24.4 Å². The minimum Gasteiger partial charge on any atom is -0.330 e. The fraction of sp³-hybridized carbons (Fsp3) is 0.368. The van der Waals surface area contributed by atoms with Gasteiger partial charge in [-0.1, -0.05) is 0 Å². The Bertz CT molecular complexity index is 1000. The number of Topliss-reactive ketones (excluding diaryl/α,β-unsaturated/α-hetero) is 1. The largest absolute Gasteiger partial charge is 0.330 e. The van der Waals surface area contributed by atoms with Gasteiger partial charge in [0, 0.05) is 55.7 Å². The van der Waals surface area contributed by atoms with Crippen molar-refractivity contribution < 1.29 is 13.6 Å². The summed E-state index contributed by atoms with van der Waals surface area (Å²) < 4.78 is 27.9. The van der Waals surface area contributed by atoms with Crippen molar-refractivity contribution in [2.75, 3.05) is 0 Å². The molecule has 0 aliphatic heterocycles. The molecule has 1 aliphatic rings. The molecular formula is C19H18F2N4O. The van der Waals surface area contributed by atoms with Crippen molar-refractivity contribution in [1.82, 2.24) is 19.5 Å². The lowest BCUT2D eigenvalue weighted by molar-refractivity contribution is -0.147. The van der Waals surface area contributed by atoms with Crippen LogP contribution in [0.25, 0.3) is 22.2 Å². The van der Waals surface area contributed by atoms with Crippen LogP contribution in [-0.2, 0) is 18.3 Å². The van der Waals surface area contributed by atoms with E-state index in [-0.39, 0.29) is 25.0 Å². The first-order valence-corrected chi connectivity index (χ1v) is 8.46. The molecule has 0 radical (unpaired) electrons. The van der Waals surface area contributed by atoms with Crippen LogP contribution in [0.3, 0.4) is 0 Å². The van der Waals surface area contributed by atoms with Gasteiger partial charge in [0.25, 0.3) is 0 Å². The lowest BCUT2D eigenvalue weighted by Gasteiger charge is -2.33. The Morgan fingerprint density at radius 3 is 2.54 bits per heavy atom. The summed E-state index contributed by atoms with van der Waals surface area (Å²) in [5.74, 6) is -2.51. The molecule has 3 aromatic rings. The van der Waals surface area contributed by atoms with Gasteiger partial charge in [0.2, 0.25) is 5.92 Å². The van der Waals surface area contributed by atoms with Gasteiger partial charge in [0.15, 0.2) is 0 Å². The van der Waals surface area contributed by atoms with Gasteiger partial charge in [-0.25, -0.2) is 13.8 Å². The number of imidazole rings is 1. The molecule has 1 fully saturated rings. The summed E-state index contributed by atoms with van der Waals surface area (Å²) in [6, 6.07) is 3.76. The fourth-order valence-electron chi connectivity index (χ4n) is 3.27. The van der Waals surface area contributed by atoms with E-state index in [1.807, 2.05) is 30.7 Å². The molecule has 3 heterocycles. The maximum atomic E-state index is 13.0. The number of carbonyl (C=O) groups excluding carboxylic acids is 1. The Balaban J connectivity index is 1.60. The van der Waals surface area contributed by atoms with Gasteiger partial charge >= 0.3 is 0 Å². The summed E-state index contributed by atoms with van der Waals surface area (Å²) in [7, 11) is 1.93. The molecule has 0 atom stereocenters. The number of aromatic nitrogens is 4. The molecule has 0 N–H and O–H groups in total. The monoisotopic (exact) mass is 356 g/mol. The third kappa shape index (κ3) is 2.98. The zero-order chi connectivity index (χ0) is 18.5. The number of carbonyl (C=O) groups is 1. The van der Waals surface area contributed by atoms with Crippen LogP contribution in [0.15, 0.2) is 30.7 Å². The van der Waals surface area contributed by atoms with Crippen LogP contribution in [0.5, 0.6) is 0 Å². The van der Waals surface area contributed by atoms with Gasteiger partial charge in [0.05, 0.1) is 17.6 Å². The Morgan fingerprint density at radius 2 is 1.88 bits per heavy atom. The summed E-state index contributed by atoms with van der Waals surface area (Å²) in [5, 5.41) is 1.77. The molecule has 1 saturated carbocycles. The molecule has 1 aliphatic carbocycles. The van der Waals surface area contributed by atoms with Gasteiger partial charge in [-0.15, -0.1) is 0 Å². The first-order valence-electron chi connectivity index (χ1n) is 8.46. The van der Waals surface area contributed by atoms with Crippen LogP contribution in [0.2, 0.25) is 0 Å². The predicted octanol–water partition coefficient (Wildman–Crippen LogP) is 3.50. The first-order chi connectivity index (χ1) is 12.3. The van der Waals surface area contributed by atoms with Crippen molar-refractivity contribution in [3.8, 4) is 11.4 Å². The normalized spacial score (nSPS) is 16.6. The summed E-state index contributed by atoms with van der Waals surface area (Å²) in [5.41, 5.74) is 2.27. The Labute approximate surface area is 149 Å². The minimum absolute atomic E-state index is 0.0825. The van der Waals surface area contributed by atoms with E-state index >= 15 is 0 Å². The van der Waals surface area contributed by atoms with Gasteiger partial charge in [-0.2, -0.15) is 0 Å². The van der Waals surface area contributed by atoms with Crippen LogP contribution in [0, 0.1) is 12.8 Å². The van der Waals surface area contributed by atoms with Gasteiger partial charge in [0.1, 0.15) is 11.6 Å². The molecule has 3 aromatic heterocycles. The molecule has 26 heavy (non-hydrogen) atoms. The fourth-order valence-corrected chi connectivity index (χ4v) is 3.27. The van der Waals surface area contributed by atoms with Gasteiger partial charge in [-0.05, 0) is 24.4 Å². The number of halogens is 2. The number of alkyl halides is 2. The number of hydrogen-bond donors (Lipinski definition) is 0. The molecule has 134 valence electrons. The van der Waals surface area contributed by atoms with E-state index in [1.165, 1.54) is 0 Å². The topological polar surface area (TPSA) is 60.7 Å². The van der Waals surface area contributed by atoms with E-state index in [9.17, 15) is 13.6 Å². The van der Waals surface area contributed by atoms with E-state index in [0.717, 1.165) is 28.0 Å². The summed E-state index contributed by atoms with van der Waals surface area (Å²) >= 11 is 0. The minimum atomic E-state index is -2.68. The van der Waals surface area contributed by atoms with E-state index in [4.69, 9.17) is 0 Å². The zero-order valence-electron chi connectivity index (χ0n) is 14.5. The second-order valence-electron chi connectivity index (χ2n) is 6.95. The SMILES string of the molecule is Cc1ncc(-c2cc3cc(CC(=O)C4CC(F)(F)C4)ncc3cn2)n1C. The number of rotatable bonds is 4. The molecule has 5 nitrogen and oxygen atoms in total. The van der Waals surface area contributed by atoms with E-state index in [2.05, 4.69) is 15.0 Å². The van der Waals surface area contributed by atoms with Gasteiger partial charge in [-0.3, -0.25) is 14.8 Å². The number of fused-ring (bicyclic) bond motifs is 1. The third-order valence-electron chi connectivity index (χ3n) is 5.04. The average Bonchev–Trinajstić information content (AvgIpc) is 2.91. The number of aryl methyl sites for hydroxylation is 1. The molecule has 0 saturated heterocycles. The highest BCUT2D eigenvalue weighted by Gasteiger charge is 2.48. The molecule has 0 spiro atoms. The quantitative estimate of drug-likeness (QED) is 0.718. The van der Waals surface area contributed by atoms with Crippen LogP contribution in [-0.4, -0.2) is 31.2 Å². The lowest BCUT2D eigenvalue weighted by Crippen LogP contribution is -2.40. The van der Waals surface area contributed by atoms with E-state index < -0.39 is 11.8 Å². The third-order valence-corrected chi connectivity index (χ3v) is 5.04. The van der Waals surface area contributed by atoms with Crippen molar-refractivity contribution in [2.24, 2.45) is 13.0 Å². The molecule has 0 bridgehead atoms. The molecule has 0 aromatic carbocycles. The second kappa shape index (κ2) is 5.93. The van der Waals surface area contributed by atoms with Crippen LogP contribution < -0.4 is 0 Å². The highest BCUT2D eigenvalue weighted by Crippen LogP contribution is 2.43. The van der Waals surface area contributed by atoms with Crippen molar-refractivity contribution in [3.63, 3.8) is 0 Å². The van der Waals surface area contributed by atoms with Crippen LogP contribution >= 0.6 is 0 Å². The highest BCUT2D eigenvalue weighted by molar-refractivity contribution is 5.87. The number of nitrogens with zero attached hydrogens (tertiary/aromatic N) is 4. The van der Waals surface area contributed by atoms with E-state index in [0.29, 0.717) is 5.69 Å². The second-order valence-corrected chi connectivity index (χ2v) is 6.95. The van der Waals surface area contributed by atoms with Crippen molar-refractivity contribution in [2.45, 2.75) is 32.1 Å². The average molecular weight is 356 g/mol. The first kappa shape index (κ1) is 16.8. The van der Waals surface area contributed by atoms with E-state index in [1.54, 1.807) is 18.6 Å². The number of hydrogen-bond acceptors (Lipinski definition) is 4. The summed E-state index contributed by atoms with van der Waals surface area (Å²) in [6.45, 7) is 1.92. The standard InChI is InChI=1S/C19H18F2N4O/c1-11-22-10-17(25(11)2)16-4-12-3-15(23-8-14(12)9-24-16)5-18(26)13-6-19(20,21)7-13/h3-4,8-10,13H,5-7H2,1-2H3. The molecular weight excluding hydrogens is 338 g/mol. The lowest BCUT2D eigenvalue weighted by atomic mass is 9.77. The molecule has 4 rings (SSSR count). The molecule has 0 amide bonds. The zero-order valence-corrected chi connectivity index (χ0v) is 14.5. The smallest absolute Gasteiger partial charge is 0.249 e. The Hall–Kier alpha value is -2.70. The summed E-state index contributed by atoms with van der Waals surface area (Å²) in [6.07, 6.45) is 4.57. The Kier molecular flexibility index (Phi) is 3.82. The molecule has 7 heteroatoms. The van der Waals surface area contributed by atoms with Gasteiger partial charge < -0.3 is 4.57 Å². The number of pyridine rings is 2. The van der Waals surface area contributed by atoms with Crippen LogP contribution in [0.4, 0.5) is 8.78 Å². The predicted molar refractivity (Wildman–Crippen MR) is 92.9 cm³/mol. The maximum absolute atomic E-state index is 13.0. The maximum Gasteiger partial charge on any atom is 0.249 e. The molecule has 0 unspecified atom stereocenters. The van der Waals surface area contributed by atoms with Crippen molar-refractivity contribution in [1.29, 1.82) is 0 Å². The Morgan fingerprint density at radius 1 is 1.15 bits per heavy atom. The number of ketones is 1. The van der Waals surface area contributed by atoms with Crippen molar-refractivity contribution >= 4 is 16.6 Å². The van der Waals surface area contributed by atoms with Crippen molar-refractivity contribution in [3.05, 3.63) is 42.2 Å². The highest BCUT2D eigenvalue weighted by atomic mass is 19.3.